The Balaban J connectivity index is 1.15. The van der Waals surface area contributed by atoms with Gasteiger partial charge in [-0.3, -0.25) is 14.4 Å². The van der Waals surface area contributed by atoms with Crippen LogP contribution in [0.2, 0.25) is 0 Å². The van der Waals surface area contributed by atoms with E-state index in [0.29, 0.717) is 27.4 Å². The lowest BCUT2D eigenvalue weighted by Gasteiger charge is -2.36. The first-order chi connectivity index (χ1) is 20.2. The van der Waals surface area contributed by atoms with E-state index >= 15 is 0 Å². The fourth-order valence-corrected chi connectivity index (χ4v) is 5.82. The van der Waals surface area contributed by atoms with Crippen molar-refractivity contribution < 1.29 is 48.5 Å². The van der Waals surface area contributed by atoms with Crippen LogP contribution in [0.3, 0.4) is 0 Å². The van der Waals surface area contributed by atoms with Crippen LogP contribution in [0, 0.1) is 0 Å². The molecule has 12 nitrogen and oxygen atoms in total. The summed E-state index contributed by atoms with van der Waals surface area (Å²) >= 11 is 1.15. The molecule has 214 valence electrons. The number of nitrogens with zero attached hydrogens (tertiary/aromatic N) is 1. The van der Waals surface area contributed by atoms with Crippen LogP contribution in [-0.2, 0) is 34.4 Å². The fraction of sp³-hybridized carbons (Fsp3) is 0.207. The van der Waals surface area contributed by atoms with Crippen LogP contribution in [0.1, 0.15) is 46.3 Å². The van der Waals surface area contributed by atoms with Gasteiger partial charge in [-0.05, 0) is 36.4 Å². The van der Waals surface area contributed by atoms with E-state index in [1.54, 1.807) is 24.3 Å². The zero-order valence-electron chi connectivity index (χ0n) is 21.7. The minimum absolute atomic E-state index is 0.00649. The molecular formula is C29H22N2O10S. The van der Waals surface area contributed by atoms with Gasteiger partial charge in [0.25, 0.3) is 11.8 Å². The van der Waals surface area contributed by atoms with Crippen LogP contribution in [0.25, 0.3) is 0 Å². The zero-order valence-corrected chi connectivity index (χ0v) is 22.6. The Labute approximate surface area is 242 Å². The summed E-state index contributed by atoms with van der Waals surface area (Å²) in [4.78, 5) is 65.6. The summed E-state index contributed by atoms with van der Waals surface area (Å²) in [7, 11) is 0. The summed E-state index contributed by atoms with van der Waals surface area (Å²) in [6, 6.07) is 13.7. The molecule has 6 rings (SSSR count). The minimum Gasteiger partial charge on any atom is -0.508 e. The van der Waals surface area contributed by atoms with Crippen LogP contribution in [0.4, 0.5) is 5.69 Å². The van der Waals surface area contributed by atoms with Gasteiger partial charge < -0.3 is 29.8 Å². The van der Waals surface area contributed by atoms with E-state index in [1.807, 2.05) is 0 Å². The molecule has 0 unspecified atom stereocenters. The molecule has 0 radical (unpaired) electrons. The number of phenolic OH excluding ortho intramolecular Hbond substituents is 2. The van der Waals surface area contributed by atoms with Crippen LogP contribution in [0.15, 0.2) is 54.6 Å². The maximum atomic E-state index is 13.2. The van der Waals surface area contributed by atoms with Crippen molar-refractivity contribution in [3.8, 4) is 23.0 Å². The summed E-state index contributed by atoms with van der Waals surface area (Å²) < 4.78 is 12.0. The molecule has 0 bridgehead atoms. The average molecular weight is 591 g/mol. The Bertz CT molecular complexity index is 1620. The number of carbonyl (C=O) groups excluding carboxylic acids is 5. The first-order valence-electron chi connectivity index (χ1n) is 12.8. The molecule has 3 aliphatic rings. The van der Waals surface area contributed by atoms with Crippen LogP contribution in [-0.4, -0.2) is 56.4 Å². The van der Waals surface area contributed by atoms with Gasteiger partial charge in [0.2, 0.25) is 5.91 Å². The van der Waals surface area contributed by atoms with E-state index in [2.05, 4.69) is 5.32 Å². The number of hydroxylamine groups is 2. The van der Waals surface area contributed by atoms with Gasteiger partial charge >= 0.3 is 11.9 Å². The highest BCUT2D eigenvalue weighted by molar-refractivity contribution is 7.99. The summed E-state index contributed by atoms with van der Waals surface area (Å²) in [5.74, 6) is -2.28. The molecule has 0 aliphatic carbocycles. The maximum absolute atomic E-state index is 13.2. The number of benzene rings is 3. The molecule has 42 heavy (non-hydrogen) atoms. The smallest absolute Gasteiger partial charge is 0.340 e. The second-order valence-electron chi connectivity index (χ2n) is 9.69. The SMILES string of the molecule is O=C(CSCCC(=O)ON1C(=O)CCC1=O)Nc1ccc2c(c1)C(=O)OC21c2ccc(O)cc2Oc2cc(O)ccc21. The number of rotatable bonds is 7. The van der Waals surface area contributed by atoms with Crippen LogP contribution in [0.5, 0.6) is 23.0 Å². The van der Waals surface area contributed by atoms with Gasteiger partial charge in [0.1, 0.15) is 23.0 Å². The number of thioether (sulfide) groups is 1. The van der Waals surface area contributed by atoms with Crippen molar-refractivity contribution in [3.05, 3.63) is 76.9 Å². The van der Waals surface area contributed by atoms with E-state index < -0.39 is 29.4 Å². The van der Waals surface area contributed by atoms with E-state index in [1.165, 1.54) is 30.3 Å². The third kappa shape index (κ3) is 4.67. The number of ether oxygens (including phenoxy) is 2. The number of hydrogen-bond acceptors (Lipinski definition) is 11. The number of amides is 3. The topological polar surface area (TPSA) is 169 Å². The highest BCUT2D eigenvalue weighted by atomic mass is 32.2. The molecule has 3 heterocycles. The van der Waals surface area contributed by atoms with Crippen LogP contribution >= 0.6 is 11.8 Å². The zero-order chi connectivity index (χ0) is 29.6. The Kier molecular flexibility index (Phi) is 6.73. The van der Waals surface area contributed by atoms with Gasteiger partial charge in [0.15, 0.2) is 5.60 Å². The molecule has 3 aromatic rings. The van der Waals surface area contributed by atoms with Crippen molar-refractivity contribution in [2.75, 3.05) is 16.8 Å². The second kappa shape index (κ2) is 10.4. The molecule has 0 atom stereocenters. The predicted octanol–water partition coefficient (Wildman–Crippen LogP) is 3.33. The number of imide groups is 1. The van der Waals surface area contributed by atoms with Crippen molar-refractivity contribution in [1.29, 1.82) is 0 Å². The monoisotopic (exact) mass is 590 g/mol. The number of fused-ring (bicyclic) bond motifs is 6. The number of carbonyl (C=O) groups is 5. The lowest BCUT2D eigenvalue weighted by molar-refractivity contribution is -0.197. The van der Waals surface area contributed by atoms with Gasteiger partial charge in [-0.1, -0.05) is 6.07 Å². The van der Waals surface area contributed by atoms with Crippen molar-refractivity contribution in [1.82, 2.24) is 5.06 Å². The highest BCUT2D eigenvalue weighted by Gasteiger charge is 2.53. The predicted molar refractivity (Wildman–Crippen MR) is 146 cm³/mol. The van der Waals surface area contributed by atoms with Gasteiger partial charge in [-0.25, -0.2) is 9.59 Å². The molecule has 1 saturated heterocycles. The second-order valence-corrected chi connectivity index (χ2v) is 10.8. The molecule has 1 spiro atoms. The van der Waals surface area contributed by atoms with Crippen molar-refractivity contribution in [3.63, 3.8) is 0 Å². The Hall–Kier alpha value is -5.04. The van der Waals surface area contributed by atoms with Crippen molar-refractivity contribution in [2.24, 2.45) is 0 Å². The molecule has 0 saturated carbocycles. The van der Waals surface area contributed by atoms with Gasteiger partial charge in [0, 0.05) is 53.1 Å². The number of anilines is 1. The maximum Gasteiger partial charge on any atom is 0.340 e. The number of esters is 1. The number of hydrogen-bond donors (Lipinski definition) is 3. The lowest BCUT2D eigenvalue weighted by Crippen LogP contribution is -2.32. The third-order valence-electron chi connectivity index (χ3n) is 6.94. The first-order valence-corrected chi connectivity index (χ1v) is 14.0. The molecule has 0 aromatic heterocycles. The molecule has 3 aromatic carbocycles. The highest BCUT2D eigenvalue weighted by Crippen LogP contribution is 2.57. The molecular weight excluding hydrogens is 568 g/mol. The number of phenols is 2. The largest absolute Gasteiger partial charge is 0.508 e. The van der Waals surface area contributed by atoms with E-state index in [9.17, 15) is 34.2 Å². The normalized spacial score (nSPS) is 15.9. The number of aromatic hydroxyl groups is 2. The Morgan fingerprint density at radius 2 is 1.52 bits per heavy atom. The average Bonchev–Trinajstić information content (AvgIpc) is 3.41. The number of nitrogens with one attached hydrogen (secondary N) is 1. The van der Waals surface area contributed by atoms with Crippen molar-refractivity contribution in [2.45, 2.75) is 24.9 Å². The first kappa shape index (κ1) is 27.1. The molecule has 13 heteroatoms. The lowest BCUT2D eigenvalue weighted by atomic mass is 9.77. The summed E-state index contributed by atoms with van der Waals surface area (Å²) in [5, 5.41) is 23.3. The van der Waals surface area contributed by atoms with Crippen LogP contribution < -0.4 is 10.1 Å². The summed E-state index contributed by atoms with van der Waals surface area (Å²) in [6.45, 7) is 0. The Morgan fingerprint density at radius 3 is 2.17 bits per heavy atom. The molecule has 3 amide bonds. The summed E-state index contributed by atoms with van der Waals surface area (Å²) in [6.07, 6.45) is -0.0942. The van der Waals surface area contributed by atoms with Crippen molar-refractivity contribution >= 4 is 47.1 Å². The molecule has 3 aliphatic heterocycles. The third-order valence-corrected chi connectivity index (χ3v) is 7.90. The molecule has 1 fully saturated rings. The quantitative estimate of drug-likeness (QED) is 0.210. The Morgan fingerprint density at radius 1 is 0.905 bits per heavy atom. The molecule has 3 N–H and O–H groups in total. The minimum atomic E-state index is -1.41. The van der Waals surface area contributed by atoms with Gasteiger partial charge in [0.05, 0.1) is 17.7 Å². The van der Waals surface area contributed by atoms with Gasteiger partial charge in [-0.2, -0.15) is 11.8 Å². The summed E-state index contributed by atoms with van der Waals surface area (Å²) in [5.41, 5.74) is 0.618. The van der Waals surface area contributed by atoms with E-state index in [-0.39, 0.29) is 65.2 Å². The van der Waals surface area contributed by atoms with E-state index in [4.69, 9.17) is 14.3 Å². The van der Waals surface area contributed by atoms with E-state index in [0.717, 1.165) is 11.8 Å². The fourth-order valence-electron chi connectivity index (χ4n) is 5.11. The van der Waals surface area contributed by atoms with Gasteiger partial charge in [-0.15, -0.1) is 5.06 Å². The standard InChI is InChI=1S/C29H22N2O10S/c32-16-2-5-20-22(12-16)39-23-13-17(33)3-6-21(23)29(20)19-4-1-15(11-18(19)28(38)40-29)30-24(34)14-42-10-9-27(37)41-31-25(35)7-8-26(31)36/h1-6,11-13,32-33H,7-10,14H2,(H,30,34).